The predicted molar refractivity (Wildman–Crippen MR) is 53.3 cm³/mol. The van der Waals surface area contributed by atoms with E-state index >= 15 is 0 Å². The first-order valence-corrected chi connectivity index (χ1v) is 4.23. The van der Waals surface area contributed by atoms with E-state index in [4.69, 9.17) is 5.11 Å². The fourth-order valence-corrected chi connectivity index (χ4v) is 1.34. The standard InChI is InChI=1S/C8H8N4O3.H2O/c1-4-2-6(13)12-5(3-7(14)15)10-11-8(12)9-4;/h2H,3H2,1H3,(H,9,11)(H,14,15);1H2. The number of rotatable bonds is 2. The second kappa shape index (κ2) is 4.11. The maximum Gasteiger partial charge on any atom is 0.311 e. The number of nitrogens with one attached hydrogen (secondary N) is 1. The Morgan fingerprint density at radius 1 is 1.62 bits per heavy atom. The van der Waals surface area contributed by atoms with Crippen molar-refractivity contribution in [3.63, 3.8) is 0 Å². The van der Waals surface area contributed by atoms with Gasteiger partial charge in [-0.2, -0.15) is 5.10 Å². The number of aliphatic carboxylic acids is 1. The first kappa shape index (κ1) is 11.9. The summed E-state index contributed by atoms with van der Waals surface area (Å²) in [5.41, 5.74) is 0.230. The second-order valence-electron chi connectivity index (χ2n) is 3.11. The van der Waals surface area contributed by atoms with Gasteiger partial charge in [-0.1, -0.05) is 0 Å². The molecule has 0 aliphatic rings. The van der Waals surface area contributed by atoms with Crippen LogP contribution in [0.25, 0.3) is 5.78 Å². The predicted octanol–water partition coefficient (Wildman–Crippen LogP) is -1.47. The third-order valence-corrected chi connectivity index (χ3v) is 1.90. The molecule has 2 aromatic rings. The zero-order chi connectivity index (χ0) is 11.0. The maximum absolute atomic E-state index is 11.5. The summed E-state index contributed by atoms with van der Waals surface area (Å²) in [7, 11) is 0. The molecule has 0 amide bonds. The van der Waals surface area contributed by atoms with Gasteiger partial charge in [0.05, 0.1) is 0 Å². The van der Waals surface area contributed by atoms with Crippen LogP contribution in [0.15, 0.2) is 10.9 Å². The number of aryl methyl sites for hydroxylation is 1. The fraction of sp³-hybridized carbons (Fsp3) is 0.250. The van der Waals surface area contributed by atoms with E-state index in [0.717, 1.165) is 4.40 Å². The summed E-state index contributed by atoms with van der Waals surface area (Å²) in [5.74, 6) is -0.637. The van der Waals surface area contributed by atoms with Crippen LogP contribution >= 0.6 is 0 Å². The minimum absolute atomic E-state index is 0. The molecule has 0 radical (unpaired) electrons. The van der Waals surface area contributed by atoms with E-state index < -0.39 is 5.97 Å². The van der Waals surface area contributed by atoms with E-state index in [-0.39, 0.29) is 29.1 Å². The Morgan fingerprint density at radius 2 is 2.31 bits per heavy atom. The molecule has 0 aliphatic carbocycles. The molecule has 0 aliphatic heterocycles. The Bertz CT molecular complexity index is 585. The van der Waals surface area contributed by atoms with Crippen molar-refractivity contribution in [1.82, 2.24) is 19.6 Å². The van der Waals surface area contributed by atoms with E-state index in [2.05, 4.69) is 15.2 Å². The van der Waals surface area contributed by atoms with Gasteiger partial charge in [-0.3, -0.25) is 9.59 Å². The molecule has 2 aromatic heterocycles. The molecule has 0 aromatic carbocycles. The SMILES string of the molecule is Cc1cc(=O)n2c(CC(=O)O)n[nH]c2n1.O. The first-order valence-electron chi connectivity index (χ1n) is 4.23. The Kier molecular flexibility index (Phi) is 3.04. The van der Waals surface area contributed by atoms with Crippen molar-refractivity contribution < 1.29 is 15.4 Å². The van der Waals surface area contributed by atoms with Crippen molar-refractivity contribution >= 4 is 11.7 Å². The zero-order valence-corrected chi connectivity index (χ0v) is 8.39. The molecular formula is C8H10N4O4. The van der Waals surface area contributed by atoms with Crippen LogP contribution in [0.1, 0.15) is 11.5 Å². The summed E-state index contributed by atoms with van der Waals surface area (Å²) < 4.78 is 1.15. The normalized spacial score (nSPS) is 10.1. The number of carbonyl (C=O) groups is 1. The van der Waals surface area contributed by atoms with E-state index in [0.29, 0.717) is 5.69 Å². The number of aromatic amines is 1. The average Bonchev–Trinajstić information content (AvgIpc) is 2.46. The third-order valence-electron chi connectivity index (χ3n) is 1.90. The highest BCUT2D eigenvalue weighted by atomic mass is 16.4. The quantitative estimate of drug-likeness (QED) is 0.645. The molecule has 8 nitrogen and oxygen atoms in total. The van der Waals surface area contributed by atoms with Gasteiger partial charge in [0.1, 0.15) is 6.42 Å². The number of carboxylic acid groups (broad SMARTS) is 1. The second-order valence-corrected chi connectivity index (χ2v) is 3.11. The molecule has 8 heteroatoms. The lowest BCUT2D eigenvalue weighted by Gasteiger charge is -1.95. The highest BCUT2D eigenvalue weighted by Gasteiger charge is 2.11. The van der Waals surface area contributed by atoms with Crippen molar-refractivity contribution in [3.05, 3.63) is 27.9 Å². The minimum Gasteiger partial charge on any atom is -0.481 e. The number of aromatic nitrogens is 4. The van der Waals surface area contributed by atoms with Crippen LogP contribution in [-0.2, 0) is 11.2 Å². The zero-order valence-electron chi connectivity index (χ0n) is 8.39. The highest BCUT2D eigenvalue weighted by Crippen LogP contribution is 1.99. The van der Waals surface area contributed by atoms with Gasteiger partial charge in [0, 0.05) is 11.8 Å². The molecule has 0 atom stereocenters. The summed E-state index contributed by atoms with van der Waals surface area (Å²) in [5, 5.41) is 14.8. The fourth-order valence-electron chi connectivity index (χ4n) is 1.34. The van der Waals surface area contributed by atoms with E-state index in [9.17, 15) is 9.59 Å². The lowest BCUT2D eigenvalue weighted by Crippen LogP contribution is -2.17. The smallest absolute Gasteiger partial charge is 0.311 e. The Hall–Kier alpha value is -2.22. The van der Waals surface area contributed by atoms with Crippen LogP contribution < -0.4 is 5.56 Å². The van der Waals surface area contributed by atoms with Crippen LogP contribution in [0.3, 0.4) is 0 Å². The molecule has 86 valence electrons. The molecule has 16 heavy (non-hydrogen) atoms. The van der Waals surface area contributed by atoms with Gasteiger partial charge in [-0.25, -0.2) is 14.5 Å². The van der Waals surface area contributed by atoms with Gasteiger partial charge in [0.25, 0.3) is 5.56 Å². The average molecular weight is 226 g/mol. The van der Waals surface area contributed by atoms with E-state index in [1.165, 1.54) is 6.07 Å². The lowest BCUT2D eigenvalue weighted by atomic mass is 10.4. The monoisotopic (exact) mass is 226 g/mol. The van der Waals surface area contributed by atoms with E-state index in [1.54, 1.807) is 6.92 Å². The van der Waals surface area contributed by atoms with Crippen LogP contribution in [0.5, 0.6) is 0 Å². The summed E-state index contributed by atoms with van der Waals surface area (Å²) in [6, 6.07) is 1.33. The largest absolute Gasteiger partial charge is 0.481 e. The first-order chi connectivity index (χ1) is 7.08. The van der Waals surface area contributed by atoms with Gasteiger partial charge < -0.3 is 10.6 Å². The van der Waals surface area contributed by atoms with Crippen molar-refractivity contribution in [2.24, 2.45) is 0 Å². The number of nitrogens with zero attached hydrogens (tertiary/aromatic N) is 3. The molecule has 0 unspecified atom stereocenters. The maximum atomic E-state index is 11.5. The molecule has 0 spiro atoms. The van der Waals surface area contributed by atoms with Gasteiger partial charge in [-0.15, -0.1) is 0 Å². The molecule has 0 fully saturated rings. The minimum atomic E-state index is -1.05. The molecule has 2 rings (SSSR count). The lowest BCUT2D eigenvalue weighted by molar-refractivity contribution is -0.136. The Morgan fingerprint density at radius 3 is 2.94 bits per heavy atom. The van der Waals surface area contributed by atoms with Gasteiger partial charge >= 0.3 is 5.97 Å². The molecule has 0 bridgehead atoms. The molecule has 2 heterocycles. The summed E-state index contributed by atoms with van der Waals surface area (Å²) in [6.45, 7) is 1.68. The van der Waals surface area contributed by atoms with Gasteiger partial charge in [0.15, 0.2) is 5.82 Å². The number of hydrogen-bond donors (Lipinski definition) is 2. The molecule has 0 saturated heterocycles. The van der Waals surface area contributed by atoms with Crippen LogP contribution in [0.2, 0.25) is 0 Å². The Labute approximate surface area is 88.9 Å². The van der Waals surface area contributed by atoms with Gasteiger partial charge in [0.2, 0.25) is 5.78 Å². The van der Waals surface area contributed by atoms with Crippen molar-refractivity contribution in [2.45, 2.75) is 13.3 Å². The summed E-state index contributed by atoms with van der Waals surface area (Å²) >= 11 is 0. The topological polar surface area (TPSA) is 132 Å². The van der Waals surface area contributed by atoms with Crippen molar-refractivity contribution in [1.29, 1.82) is 0 Å². The summed E-state index contributed by atoms with van der Waals surface area (Å²) in [6.07, 6.45) is -0.315. The van der Waals surface area contributed by atoms with Gasteiger partial charge in [-0.05, 0) is 6.92 Å². The van der Waals surface area contributed by atoms with Crippen molar-refractivity contribution in [2.75, 3.05) is 0 Å². The highest BCUT2D eigenvalue weighted by molar-refractivity contribution is 5.69. The summed E-state index contributed by atoms with van der Waals surface area (Å²) in [4.78, 5) is 26.0. The molecular weight excluding hydrogens is 216 g/mol. The number of fused-ring (bicyclic) bond motifs is 1. The van der Waals surface area contributed by atoms with E-state index in [1.807, 2.05) is 0 Å². The number of hydrogen-bond acceptors (Lipinski definition) is 4. The van der Waals surface area contributed by atoms with Crippen LogP contribution in [0.4, 0.5) is 0 Å². The molecule has 0 saturated carbocycles. The Balaban J connectivity index is 0.00000128. The third kappa shape index (κ3) is 1.91. The molecule has 4 N–H and O–H groups in total. The van der Waals surface area contributed by atoms with Crippen LogP contribution in [0, 0.1) is 6.92 Å². The number of carboxylic acids is 1. The number of H-pyrrole nitrogens is 1. The van der Waals surface area contributed by atoms with Crippen LogP contribution in [-0.4, -0.2) is 36.1 Å². The van der Waals surface area contributed by atoms with Crippen molar-refractivity contribution in [3.8, 4) is 0 Å².